The van der Waals surface area contributed by atoms with E-state index in [0.717, 1.165) is 12.1 Å². The molecule has 1 rings (SSSR count). The van der Waals surface area contributed by atoms with Crippen molar-refractivity contribution in [2.75, 3.05) is 13.2 Å². The summed E-state index contributed by atoms with van der Waals surface area (Å²) in [4.78, 5) is 0. The number of nitrogens with one attached hydrogen (secondary N) is 1. The predicted octanol–water partition coefficient (Wildman–Crippen LogP) is 3.08. The van der Waals surface area contributed by atoms with Crippen LogP contribution in [-0.4, -0.2) is 30.4 Å². The SMILES string of the molecule is CC(C)C(C)NCC(O)COc1cccc(C(F)(F)F)c1. The molecule has 0 aliphatic rings. The zero-order valence-electron chi connectivity index (χ0n) is 12.4. The van der Waals surface area contributed by atoms with E-state index in [1.165, 1.54) is 12.1 Å². The number of aliphatic hydroxyl groups excluding tert-OH is 1. The van der Waals surface area contributed by atoms with Gasteiger partial charge in [-0.15, -0.1) is 0 Å². The lowest BCUT2D eigenvalue weighted by Gasteiger charge is -2.20. The maximum absolute atomic E-state index is 12.5. The van der Waals surface area contributed by atoms with Gasteiger partial charge in [-0.3, -0.25) is 0 Å². The van der Waals surface area contributed by atoms with Gasteiger partial charge < -0.3 is 15.2 Å². The summed E-state index contributed by atoms with van der Waals surface area (Å²) >= 11 is 0. The highest BCUT2D eigenvalue weighted by Gasteiger charge is 2.30. The van der Waals surface area contributed by atoms with Gasteiger partial charge >= 0.3 is 6.18 Å². The van der Waals surface area contributed by atoms with Gasteiger partial charge in [-0.05, 0) is 31.0 Å². The first kappa shape index (κ1) is 17.8. The average Bonchev–Trinajstić information content (AvgIpc) is 2.41. The summed E-state index contributed by atoms with van der Waals surface area (Å²) in [6.07, 6.45) is -5.17. The quantitative estimate of drug-likeness (QED) is 0.813. The molecule has 0 aromatic heterocycles. The summed E-state index contributed by atoms with van der Waals surface area (Å²) in [5, 5.41) is 12.9. The van der Waals surface area contributed by atoms with Crippen molar-refractivity contribution in [3.8, 4) is 5.75 Å². The van der Waals surface area contributed by atoms with E-state index in [4.69, 9.17) is 4.74 Å². The first-order valence-electron chi connectivity index (χ1n) is 6.91. The third kappa shape index (κ3) is 6.35. The molecule has 21 heavy (non-hydrogen) atoms. The van der Waals surface area contributed by atoms with Gasteiger partial charge in [0, 0.05) is 12.6 Å². The number of ether oxygens (including phenoxy) is 1. The summed E-state index contributed by atoms with van der Waals surface area (Å²) in [6, 6.07) is 4.87. The van der Waals surface area contributed by atoms with Gasteiger partial charge in [-0.1, -0.05) is 19.9 Å². The van der Waals surface area contributed by atoms with E-state index >= 15 is 0 Å². The Hall–Kier alpha value is -1.27. The molecule has 0 fully saturated rings. The Labute approximate surface area is 123 Å². The minimum atomic E-state index is -4.40. The van der Waals surface area contributed by atoms with Gasteiger partial charge in [0.05, 0.1) is 5.56 Å². The fourth-order valence-corrected chi connectivity index (χ4v) is 1.57. The smallest absolute Gasteiger partial charge is 0.416 e. The molecule has 2 N–H and O–H groups in total. The van der Waals surface area contributed by atoms with Crippen LogP contribution in [0.4, 0.5) is 13.2 Å². The maximum Gasteiger partial charge on any atom is 0.416 e. The Bertz CT molecular complexity index is 435. The van der Waals surface area contributed by atoms with Gasteiger partial charge in [0.15, 0.2) is 0 Å². The third-order valence-corrected chi connectivity index (χ3v) is 3.28. The molecular weight excluding hydrogens is 283 g/mol. The topological polar surface area (TPSA) is 41.5 Å². The van der Waals surface area contributed by atoms with Crippen molar-refractivity contribution >= 4 is 0 Å². The van der Waals surface area contributed by atoms with E-state index in [2.05, 4.69) is 19.2 Å². The lowest BCUT2D eigenvalue weighted by atomic mass is 10.1. The van der Waals surface area contributed by atoms with Gasteiger partial charge in [-0.2, -0.15) is 13.2 Å². The summed E-state index contributed by atoms with van der Waals surface area (Å²) in [6.45, 7) is 6.40. The van der Waals surface area contributed by atoms with Crippen LogP contribution in [0.2, 0.25) is 0 Å². The minimum absolute atomic E-state index is 0.0564. The first-order valence-corrected chi connectivity index (χ1v) is 6.91. The Kier molecular flexibility index (Phi) is 6.48. The van der Waals surface area contributed by atoms with Crippen LogP contribution < -0.4 is 10.1 Å². The van der Waals surface area contributed by atoms with Crippen LogP contribution in [0.15, 0.2) is 24.3 Å². The summed E-state index contributed by atoms with van der Waals surface area (Å²) < 4.78 is 42.8. The minimum Gasteiger partial charge on any atom is -0.491 e. The zero-order chi connectivity index (χ0) is 16.0. The molecule has 0 saturated carbocycles. The zero-order valence-corrected chi connectivity index (χ0v) is 12.4. The van der Waals surface area contributed by atoms with Crippen molar-refractivity contribution < 1.29 is 23.0 Å². The van der Waals surface area contributed by atoms with Crippen molar-refractivity contribution in [1.82, 2.24) is 5.32 Å². The Morgan fingerprint density at radius 1 is 1.24 bits per heavy atom. The molecule has 3 nitrogen and oxygen atoms in total. The standard InChI is InChI=1S/C15H22F3NO2/c1-10(2)11(3)19-8-13(20)9-21-14-6-4-5-12(7-14)15(16,17)18/h4-7,10-11,13,19-20H,8-9H2,1-3H3. The maximum atomic E-state index is 12.5. The molecule has 0 spiro atoms. The molecule has 2 unspecified atom stereocenters. The molecule has 2 atom stereocenters. The molecular formula is C15H22F3NO2. The van der Waals surface area contributed by atoms with E-state index in [1.54, 1.807) is 0 Å². The van der Waals surface area contributed by atoms with Crippen molar-refractivity contribution in [1.29, 1.82) is 0 Å². The average molecular weight is 305 g/mol. The molecule has 1 aromatic rings. The van der Waals surface area contributed by atoms with Gasteiger partial charge in [0.25, 0.3) is 0 Å². The fraction of sp³-hybridized carbons (Fsp3) is 0.600. The number of halogens is 3. The number of hydrogen-bond donors (Lipinski definition) is 2. The number of aliphatic hydroxyl groups is 1. The van der Waals surface area contributed by atoms with Crippen LogP contribution in [0.25, 0.3) is 0 Å². The number of alkyl halides is 3. The second kappa shape index (κ2) is 7.66. The summed E-state index contributed by atoms with van der Waals surface area (Å²) in [7, 11) is 0. The predicted molar refractivity (Wildman–Crippen MR) is 75.2 cm³/mol. The highest BCUT2D eigenvalue weighted by atomic mass is 19.4. The summed E-state index contributed by atoms with van der Waals surface area (Å²) in [5.41, 5.74) is -0.763. The van der Waals surface area contributed by atoms with Crippen molar-refractivity contribution in [2.24, 2.45) is 5.92 Å². The molecule has 6 heteroatoms. The third-order valence-electron chi connectivity index (χ3n) is 3.28. The van der Waals surface area contributed by atoms with E-state index in [9.17, 15) is 18.3 Å². The van der Waals surface area contributed by atoms with Crippen LogP contribution in [0.1, 0.15) is 26.3 Å². The molecule has 0 aliphatic heterocycles. The summed E-state index contributed by atoms with van der Waals surface area (Å²) in [5.74, 6) is 0.530. The van der Waals surface area contributed by atoms with Gasteiger partial charge in [0.1, 0.15) is 18.5 Å². The van der Waals surface area contributed by atoms with Crippen LogP contribution >= 0.6 is 0 Å². The Morgan fingerprint density at radius 2 is 1.90 bits per heavy atom. The molecule has 0 heterocycles. The first-order chi connectivity index (χ1) is 9.70. The monoisotopic (exact) mass is 305 g/mol. The molecule has 0 bridgehead atoms. The highest BCUT2D eigenvalue weighted by molar-refractivity contribution is 5.30. The second-order valence-corrected chi connectivity index (χ2v) is 5.43. The van der Waals surface area contributed by atoms with Crippen LogP contribution in [0, 0.1) is 5.92 Å². The lowest BCUT2D eigenvalue weighted by Crippen LogP contribution is -2.38. The number of benzene rings is 1. The molecule has 120 valence electrons. The number of hydrogen-bond acceptors (Lipinski definition) is 3. The molecule has 0 aliphatic carbocycles. The van der Waals surface area contributed by atoms with E-state index in [1.807, 2.05) is 6.92 Å². The van der Waals surface area contributed by atoms with Gasteiger partial charge in [0.2, 0.25) is 0 Å². The highest BCUT2D eigenvalue weighted by Crippen LogP contribution is 2.31. The van der Waals surface area contributed by atoms with Crippen LogP contribution in [0.5, 0.6) is 5.75 Å². The van der Waals surface area contributed by atoms with Crippen LogP contribution in [0.3, 0.4) is 0 Å². The van der Waals surface area contributed by atoms with E-state index < -0.39 is 17.8 Å². The molecule has 0 saturated heterocycles. The van der Waals surface area contributed by atoms with Crippen molar-refractivity contribution in [2.45, 2.75) is 39.1 Å². The second-order valence-electron chi connectivity index (χ2n) is 5.43. The van der Waals surface area contributed by atoms with E-state index in [0.29, 0.717) is 12.5 Å². The molecule has 0 radical (unpaired) electrons. The van der Waals surface area contributed by atoms with Crippen molar-refractivity contribution in [3.63, 3.8) is 0 Å². The largest absolute Gasteiger partial charge is 0.491 e. The van der Waals surface area contributed by atoms with Crippen molar-refractivity contribution in [3.05, 3.63) is 29.8 Å². The Balaban J connectivity index is 2.45. The normalized spacial score (nSPS) is 15.0. The number of rotatable bonds is 7. The van der Waals surface area contributed by atoms with Crippen LogP contribution in [-0.2, 0) is 6.18 Å². The molecule has 0 amide bonds. The molecule has 1 aromatic carbocycles. The fourth-order valence-electron chi connectivity index (χ4n) is 1.57. The van der Waals surface area contributed by atoms with Gasteiger partial charge in [-0.25, -0.2) is 0 Å². The van der Waals surface area contributed by atoms with E-state index in [-0.39, 0.29) is 18.4 Å². The lowest BCUT2D eigenvalue weighted by molar-refractivity contribution is -0.137. The Morgan fingerprint density at radius 3 is 2.48 bits per heavy atom.